The Kier molecular flexibility index (Phi) is 45.7. The van der Waals surface area contributed by atoms with E-state index in [2.05, 4.69) is 34.6 Å². The van der Waals surface area contributed by atoms with Crippen LogP contribution < -0.4 is 0 Å². The van der Waals surface area contributed by atoms with Crippen LogP contribution in [0.5, 0.6) is 0 Å². The van der Waals surface area contributed by atoms with E-state index in [1.807, 2.05) is 0 Å². The summed E-state index contributed by atoms with van der Waals surface area (Å²) in [5, 5.41) is 0. The van der Waals surface area contributed by atoms with Gasteiger partial charge in [-0.05, 0) is 31.1 Å². The fraction of sp³-hybridized carbons (Fsp3) is 0.944. The molecule has 0 N–H and O–H groups in total. The minimum atomic E-state index is -0.762. The van der Waals surface area contributed by atoms with E-state index in [1.165, 1.54) is 186 Å². The van der Waals surface area contributed by atoms with Gasteiger partial charge in [-0.2, -0.15) is 0 Å². The molecule has 6 heteroatoms. The minimum Gasteiger partial charge on any atom is -0.462 e. The highest BCUT2D eigenvalue weighted by Gasteiger charge is 2.19. The second-order valence-corrected chi connectivity index (χ2v) is 19.5. The van der Waals surface area contributed by atoms with Crippen molar-refractivity contribution < 1.29 is 28.6 Å². The van der Waals surface area contributed by atoms with E-state index in [1.54, 1.807) is 0 Å². The summed E-state index contributed by atoms with van der Waals surface area (Å²) in [5.74, 6) is 0.781. The van der Waals surface area contributed by atoms with Crippen LogP contribution in [0.2, 0.25) is 0 Å². The predicted molar refractivity (Wildman–Crippen MR) is 256 cm³/mol. The zero-order valence-corrected chi connectivity index (χ0v) is 41.1. The summed E-state index contributed by atoms with van der Waals surface area (Å²) >= 11 is 0. The SMILES string of the molecule is CCCCCCCCCCCCCCCCCCC(=O)OC[C@@H](COC(=O)CCCCCCCCCCC(C)C)OC(=O)CCCCCCCCCCCCCCC(C)C. The van der Waals surface area contributed by atoms with Crippen LogP contribution in [-0.2, 0) is 28.6 Å². The van der Waals surface area contributed by atoms with Gasteiger partial charge in [0.2, 0.25) is 0 Å². The van der Waals surface area contributed by atoms with Gasteiger partial charge in [-0.3, -0.25) is 14.4 Å². The Morgan fingerprint density at radius 2 is 0.550 bits per heavy atom. The van der Waals surface area contributed by atoms with E-state index in [0.29, 0.717) is 19.3 Å². The van der Waals surface area contributed by atoms with Crippen molar-refractivity contribution in [3.05, 3.63) is 0 Å². The van der Waals surface area contributed by atoms with E-state index in [-0.39, 0.29) is 31.1 Å². The Labute approximate surface area is 374 Å². The lowest BCUT2D eigenvalue weighted by atomic mass is 10.0. The molecule has 0 amide bonds. The van der Waals surface area contributed by atoms with Crippen molar-refractivity contribution in [3.8, 4) is 0 Å². The predicted octanol–water partition coefficient (Wildman–Crippen LogP) is 17.3. The highest BCUT2D eigenvalue weighted by Crippen LogP contribution is 2.17. The van der Waals surface area contributed by atoms with Crippen LogP contribution in [0.4, 0.5) is 0 Å². The summed E-state index contributed by atoms with van der Waals surface area (Å²) in [6, 6.07) is 0. The number of carbonyl (C=O) groups excluding carboxylic acids is 3. The van der Waals surface area contributed by atoms with E-state index >= 15 is 0 Å². The van der Waals surface area contributed by atoms with Crippen LogP contribution in [0.15, 0.2) is 0 Å². The van der Waals surface area contributed by atoms with E-state index in [9.17, 15) is 14.4 Å². The van der Waals surface area contributed by atoms with Gasteiger partial charge in [0.1, 0.15) is 13.2 Å². The molecule has 0 spiro atoms. The molecule has 0 radical (unpaired) electrons. The van der Waals surface area contributed by atoms with Gasteiger partial charge in [0.25, 0.3) is 0 Å². The molecule has 60 heavy (non-hydrogen) atoms. The number of hydrogen-bond acceptors (Lipinski definition) is 6. The molecule has 356 valence electrons. The van der Waals surface area contributed by atoms with Crippen molar-refractivity contribution in [1.82, 2.24) is 0 Å². The third-order valence-corrected chi connectivity index (χ3v) is 12.2. The number of ether oxygens (including phenoxy) is 3. The second-order valence-electron chi connectivity index (χ2n) is 19.5. The van der Waals surface area contributed by atoms with Gasteiger partial charge in [-0.25, -0.2) is 0 Å². The van der Waals surface area contributed by atoms with E-state index in [4.69, 9.17) is 14.2 Å². The molecule has 0 unspecified atom stereocenters. The van der Waals surface area contributed by atoms with Gasteiger partial charge < -0.3 is 14.2 Å². The number of hydrogen-bond donors (Lipinski definition) is 0. The monoisotopic (exact) mass is 849 g/mol. The van der Waals surface area contributed by atoms with Crippen LogP contribution in [-0.4, -0.2) is 37.2 Å². The standard InChI is InChI=1S/C54H104O6/c1-6-7-8-9-10-11-12-13-14-15-16-20-23-29-34-39-44-52(55)58-47-51(48-59-53(56)45-40-35-30-26-25-28-33-38-43-50(4)5)60-54(57)46-41-36-31-24-21-18-17-19-22-27-32-37-42-49(2)3/h49-51H,6-48H2,1-5H3/t51-/m0/s1. The van der Waals surface area contributed by atoms with Crippen LogP contribution in [0.1, 0.15) is 298 Å². The van der Waals surface area contributed by atoms with Crippen molar-refractivity contribution >= 4 is 17.9 Å². The Bertz CT molecular complexity index is 916. The molecule has 0 fully saturated rings. The van der Waals surface area contributed by atoms with Gasteiger partial charge >= 0.3 is 17.9 Å². The van der Waals surface area contributed by atoms with Crippen molar-refractivity contribution in [2.24, 2.45) is 11.8 Å². The Balaban J connectivity index is 4.29. The molecule has 0 aromatic rings. The molecule has 0 aliphatic heterocycles. The van der Waals surface area contributed by atoms with Gasteiger partial charge in [0.05, 0.1) is 0 Å². The molecule has 1 atom stereocenters. The van der Waals surface area contributed by atoms with Crippen LogP contribution in [0, 0.1) is 11.8 Å². The first-order chi connectivity index (χ1) is 29.2. The van der Waals surface area contributed by atoms with Crippen molar-refractivity contribution in [1.29, 1.82) is 0 Å². The molecular weight excluding hydrogens is 745 g/mol. The number of carbonyl (C=O) groups is 3. The summed E-state index contributed by atoms with van der Waals surface area (Å²) in [6.07, 6.45) is 48.1. The molecule has 0 bridgehead atoms. The third kappa shape index (κ3) is 47.5. The first kappa shape index (κ1) is 58.4. The number of rotatable bonds is 48. The Morgan fingerprint density at radius 1 is 0.317 bits per heavy atom. The minimum absolute atomic E-state index is 0.0637. The molecule has 0 saturated heterocycles. The lowest BCUT2D eigenvalue weighted by Gasteiger charge is -2.18. The quantitative estimate of drug-likeness (QED) is 0.0345. The highest BCUT2D eigenvalue weighted by molar-refractivity contribution is 5.71. The molecule has 0 aromatic carbocycles. The fourth-order valence-electron chi connectivity index (χ4n) is 8.17. The molecule has 0 aromatic heterocycles. The maximum Gasteiger partial charge on any atom is 0.306 e. The summed E-state index contributed by atoms with van der Waals surface area (Å²) in [6.45, 7) is 11.4. The van der Waals surface area contributed by atoms with Gasteiger partial charge in [-0.1, -0.05) is 259 Å². The van der Waals surface area contributed by atoms with Crippen LogP contribution >= 0.6 is 0 Å². The molecule has 0 aliphatic rings. The van der Waals surface area contributed by atoms with Gasteiger partial charge in [0.15, 0.2) is 6.10 Å². The lowest BCUT2D eigenvalue weighted by Crippen LogP contribution is -2.30. The van der Waals surface area contributed by atoms with Crippen LogP contribution in [0.3, 0.4) is 0 Å². The Hall–Kier alpha value is -1.59. The molecular formula is C54H104O6. The van der Waals surface area contributed by atoms with E-state index < -0.39 is 6.10 Å². The summed E-state index contributed by atoms with van der Waals surface area (Å²) in [7, 11) is 0. The average molecular weight is 849 g/mol. The smallest absolute Gasteiger partial charge is 0.306 e. The average Bonchev–Trinajstić information content (AvgIpc) is 3.22. The zero-order chi connectivity index (χ0) is 44.0. The highest BCUT2D eigenvalue weighted by atomic mass is 16.6. The largest absolute Gasteiger partial charge is 0.462 e. The molecule has 6 nitrogen and oxygen atoms in total. The topological polar surface area (TPSA) is 78.9 Å². The second kappa shape index (κ2) is 46.9. The maximum atomic E-state index is 12.8. The van der Waals surface area contributed by atoms with E-state index in [0.717, 1.165) is 69.6 Å². The molecule has 0 aliphatic carbocycles. The normalized spacial score (nSPS) is 12.1. The first-order valence-corrected chi connectivity index (χ1v) is 26.7. The van der Waals surface area contributed by atoms with Gasteiger partial charge in [-0.15, -0.1) is 0 Å². The fourth-order valence-corrected chi connectivity index (χ4v) is 8.17. The molecule has 0 rings (SSSR count). The number of unbranched alkanes of at least 4 members (excludes halogenated alkanes) is 33. The van der Waals surface area contributed by atoms with Crippen molar-refractivity contribution in [2.75, 3.05) is 13.2 Å². The van der Waals surface area contributed by atoms with Crippen molar-refractivity contribution in [3.63, 3.8) is 0 Å². The summed E-state index contributed by atoms with van der Waals surface area (Å²) in [4.78, 5) is 38.0. The third-order valence-electron chi connectivity index (χ3n) is 12.2. The van der Waals surface area contributed by atoms with Crippen LogP contribution in [0.25, 0.3) is 0 Å². The first-order valence-electron chi connectivity index (χ1n) is 26.7. The summed E-state index contributed by atoms with van der Waals surface area (Å²) in [5.41, 5.74) is 0. The van der Waals surface area contributed by atoms with Gasteiger partial charge in [0, 0.05) is 19.3 Å². The van der Waals surface area contributed by atoms with Crippen molar-refractivity contribution in [2.45, 2.75) is 304 Å². The molecule has 0 saturated carbocycles. The zero-order valence-electron chi connectivity index (χ0n) is 41.1. The number of esters is 3. The summed E-state index contributed by atoms with van der Waals surface area (Å²) < 4.78 is 16.8. The lowest BCUT2D eigenvalue weighted by molar-refractivity contribution is -0.167. The Morgan fingerprint density at radius 3 is 0.817 bits per heavy atom. The molecule has 0 heterocycles. The maximum absolute atomic E-state index is 12.8.